The smallest absolute Gasteiger partial charge is 0.373 e. The molecule has 0 aromatic carbocycles. The first kappa shape index (κ1) is 6.90. The number of carbonyl (C=O) groups excluding carboxylic acids is 1. The summed E-state index contributed by atoms with van der Waals surface area (Å²) in [6.07, 6.45) is -2.03. The molecule has 1 atom stereocenters. The Labute approximate surface area is 44.5 Å². The molecule has 2 N–H and O–H groups in total. The van der Waals surface area contributed by atoms with Crippen molar-refractivity contribution in [3.05, 3.63) is 0 Å². The summed E-state index contributed by atoms with van der Waals surface area (Å²) in [6.45, 7) is -0.140. The Hall–Kier alpha value is -1.10. The lowest BCUT2D eigenvalue weighted by atomic mass is 10.7. The Morgan fingerprint density at radius 3 is 2.38 bits per heavy atom. The lowest BCUT2D eigenvalue weighted by molar-refractivity contribution is -0.178. The van der Waals surface area contributed by atoms with E-state index in [9.17, 15) is 9.59 Å². The molecule has 0 spiro atoms. The Morgan fingerprint density at radius 1 is 1.75 bits per heavy atom. The van der Waals surface area contributed by atoms with Gasteiger partial charge >= 0.3 is 5.97 Å². The van der Waals surface area contributed by atoms with Crippen LogP contribution >= 0.6 is 0 Å². The highest BCUT2D eigenvalue weighted by atomic mass is 16.6. The first-order valence-electron chi connectivity index (χ1n) is 1.68. The summed E-state index contributed by atoms with van der Waals surface area (Å²) in [6, 6.07) is 0. The van der Waals surface area contributed by atoms with Crippen molar-refractivity contribution >= 4 is 12.4 Å². The molecular formula is C3H4O5. The maximum Gasteiger partial charge on any atom is 0.373 e. The molecule has 5 nitrogen and oxygen atoms in total. The van der Waals surface area contributed by atoms with E-state index in [1.807, 2.05) is 0 Å². The molecule has 0 bridgehead atoms. The van der Waals surface area contributed by atoms with Crippen molar-refractivity contribution in [2.24, 2.45) is 0 Å². The van der Waals surface area contributed by atoms with Crippen LogP contribution in [0.1, 0.15) is 0 Å². The minimum Gasteiger partial charge on any atom is -0.477 e. The molecule has 0 aliphatic rings. The minimum absolute atomic E-state index is 0.140. The van der Waals surface area contributed by atoms with E-state index in [0.29, 0.717) is 0 Å². The zero-order valence-electron chi connectivity index (χ0n) is 3.77. The zero-order valence-corrected chi connectivity index (χ0v) is 3.77. The molecule has 0 amide bonds. The van der Waals surface area contributed by atoms with Crippen LogP contribution in [0.25, 0.3) is 0 Å². The van der Waals surface area contributed by atoms with Crippen molar-refractivity contribution in [1.29, 1.82) is 0 Å². The van der Waals surface area contributed by atoms with Gasteiger partial charge in [-0.15, -0.1) is 0 Å². The highest BCUT2D eigenvalue weighted by Crippen LogP contribution is 1.79. The van der Waals surface area contributed by atoms with Gasteiger partial charge in [-0.2, -0.15) is 0 Å². The molecule has 5 heteroatoms. The van der Waals surface area contributed by atoms with Crippen molar-refractivity contribution in [3.63, 3.8) is 0 Å². The monoisotopic (exact) mass is 120 g/mol. The molecule has 0 saturated carbocycles. The van der Waals surface area contributed by atoms with E-state index < -0.39 is 12.3 Å². The minimum atomic E-state index is -2.03. The van der Waals surface area contributed by atoms with Gasteiger partial charge in [0.05, 0.1) is 0 Å². The number of rotatable bonds is 3. The summed E-state index contributed by atoms with van der Waals surface area (Å²) in [5.74, 6) is -1.59. The molecule has 0 aromatic heterocycles. The summed E-state index contributed by atoms with van der Waals surface area (Å²) in [5, 5.41) is 15.9. The van der Waals surface area contributed by atoms with Crippen LogP contribution in [-0.4, -0.2) is 28.9 Å². The molecule has 0 heterocycles. The van der Waals surface area contributed by atoms with Crippen LogP contribution < -0.4 is 0 Å². The molecule has 0 saturated heterocycles. The molecule has 0 fully saturated rings. The number of aliphatic hydroxyl groups excluding tert-OH is 1. The molecular weight excluding hydrogens is 116 g/mol. The van der Waals surface area contributed by atoms with Crippen molar-refractivity contribution < 1.29 is 24.5 Å². The maximum atomic E-state index is 9.56. The Morgan fingerprint density at radius 2 is 2.25 bits per heavy atom. The van der Waals surface area contributed by atoms with Crippen LogP contribution in [0.2, 0.25) is 0 Å². The molecule has 46 valence electrons. The van der Waals surface area contributed by atoms with Gasteiger partial charge in [0.15, 0.2) is 0 Å². The van der Waals surface area contributed by atoms with Crippen LogP contribution in [0.4, 0.5) is 0 Å². The largest absolute Gasteiger partial charge is 0.477 e. The third-order valence-corrected chi connectivity index (χ3v) is 0.396. The zero-order chi connectivity index (χ0) is 6.57. The summed E-state index contributed by atoms with van der Waals surface area (Å²) < 4.78 is 3.58. The standard InChI is InChI=1S/C3H4O5/c4-1-8-3(7)2(5)6/h1,3,7H,(H,5,6). The summed E-state index contributed by atoms with van der Waals surface area (Å²) in [4.78, 5) is 18.8. The van der Waals surface area contributed by atoms with E-state index in [2.05, 4.69) is 4.74 Å². The Kier molecular flexibility index (Phi) is 2.57. The number of carboxylic acid groups (broad SMARTS) is 1. The van der Waals surface area contributed by atoms with Crippen molar-refractivity contribution in [1.82, 2.24) is 0 Å². The summed E-state index contributed by atoms with van der Waals surface area (Å²) >= 11 is 0. The van der Waals surface area contributed by atoms with Gasteiger partial charge in [-0.3, -0.25) is 4.79 Å². The fraction of sp³-hybridized carbons (Fsp3) is 0.333. The van der Waals surface area contributed by atoms with Crippen LogP contribution in [0.15, 0.2) is 0 Å². The van der Waals surface area contributed by atoms with E-state index in [0.717, 1.165) is 0 Å². The highest BCUT2D eigenvalue weighted by molar-refractivity contribution is 5.71. The van der Waals surface area contributed by atoms with Gasteiger partial charge in [0, 0.05) is 0 Å². The van der Waals surface area contributed by atoms with Crippen LogP contribution in [0, 0.1) is 0 Å². The molecule has 1 unspecified atom stereocenters. The fourth-order valence-corrected chi connectivity index (χ4v) is 0.111. The van der Waals surface area contributed by atoms with E-state index in [1.54, 1.807) is 0 Å². The van der Waals surface area contributed by atoms with E-state index >= 15 is 0 Å². The van der Waals surface area contributed by atoms with Crippen molar-refractivity contribution in [2.75, 3.05) is 0 Å². The second-order valence-electron chi connectivity index (χ2n) is 0.923. The quantitative estimate of drug-likeness (QED) is 0.352. The number of carboxylic acids is 1. The second kappa shape index (κ2) is 2.98. The lowest BCUT2D eigenvalue weighted by Gasteiger charge is -1.98. The summed E-state index contributed by atoms with van der Waals surface area (Å²) in [7, 11) is 0. The van der Waals surface area contributed by atoms with E-state index in [-0.39, 0.29) is 6.47 Å². The molecule has 0 aromatic rings. The predicted octanol–water partition coefficient (Wildman–Crippen LogP) is -1.44. The van der Waals surface area contributed by atoms with Crippen molar-refractivity contribution in [3.8, 4) is 0 Å². The third kappa shape index (κ3) is 2.14. The van der Waals surface area contributed by atoms with Gasteiger partial charge in [-0.25, -0.2) is 4.79 Å². The average molecular weight is 120 g/mol. The van der Waals surface area contributed by atoms with Gasteiger partial charge in [0.1, 0.15) is 0 Å². The average Bonchev–Trinajstić information content (AvgIpc) is 1.67. The van der Waals surface area contributed by atoms with Gasteiger partial charge in [-0.05, 0) is 0 Å². The highest BCUT2D eigenvalue weighted by Gasteiger charge is 2.11. The van der Waals surface area contributed by atoms with Crippen molar-refractivity contribution in [2.45, 2.75) is 6.29 Å². The molecule has 0 rings (SSSR count). The molecule has 0 radical (unpaired) electrons. The fourth-order valence-electron chi connectivity index (χ4n) is 0.111. The van der Waals surface area contributed by atoms with E-state index in [4.69, 9.17) is 10.2 Å². The number of aliphatic hydroxyl groups is 1. The topological polar surface area (TPSA) is 83.8 Å². The number of ether oxygens (including phenoxy) is 1. The normalized spacial score (nSPS) is 12.1. The summed E-state index contributed by atoms with van der Waals surface area (Å²) in [5.41, 5.74) is 0. The Bertz CT molecular complexity index is 97.8. The number of hydrogen-bond acceptors (Lipinski definition) is 4. The lowest BCUT2D eigenvalue weighted by Crippen LogP contribution is -2.21. The van der Waals surface area contributed by atoms with Gasteiger partial charge in [0.2, 0.25) is 0 Å². The first-order valence-corrected chi connectivity index (χ1v) is 1.68. The first-order chi connectivity index (χ1) is 3.68. The molecule has 0 aliphatic carbocycles. The third-order valence-electron chi connectivity index (χ3n) is 0.396. The predicted molar refractivity (Wildman–Crippen MR) is 20.8 cm³/mol. The molecule has 8 heavy (non-hydrogen) atoms. The van der Waals surface area contributed by atoms with E-state index in [1.165, 1.54) is 0 Å². The van der Waals surface area contributed by atoms with Gasteiger partial charge in [-0.1, -0.05) is 0 Å². The number of aliphatic carboxylic acids is 1. The van der Waals surface area contributed by atoms with Gasteiger partial charge < -0.3 is 14.9 Å². The van der Waals surface area contributed by atoms with Crippen LogP contribution in [0.3, 0.4) is 0 Å². The number of carbonyl (C=O) groups is 2. The Balaban J connectivity index is 3.46. The van der Waals surface area contributed by atoms with Crippen LogP contribution in [-0.2, 0) is 14.3 Å². The maximum absolute atomic E-state index is 9.56. The molecule has 0 aliphatic heterocycles. The van der Waals surface area contributed by atoms with Crippen LogP contribution in [0.5, 0.6) is 0 Å². The SMILES string of the molecule is O=COC(O)C(=O)O. The van der Waals surface area contributed by atoms with Gasteiger partial charge in [0.25, 0.3) is 12.8 Å². The number of hydrogen-bond donors (Lipinski definition) is 2. The second-order valence-corrected chi connectivity index (χ2v) is 0.923.